The van der Waals surface area contributed by atoms with Crippen LogP contribution in [0.2, 0.25) is 0 Å². The van der Waals surface area contributed by atoms with Gasteiger partial charge < -0.3 is 5.32 Å². The molecule has 2 heteroatoms. The van der Waals surface area contributed by atoms with Crippen molar-refractivity contribution in [3.63, 3.8) is 0 Å². The Hall–Kier alpha value is -1.02. The highest BCUT2D eigenvalue weighted by Crippen LogP contribution is 2.60. The molecule has 118 valence electrons. The van der Waals surface area contributed by atoms with Crippen molar-refractivity contribution in [1.82, 2.24) is 4.90 Å². The fourth-order valence-corrected chi connectivity index (χ4v) is 6.92. The van der Waals surface area contributed by atoms with Crippen molar-refractivity contribution in [3.8, 4) is 0 Å². The van der Waals surface area contributed by atoms with Crippen LogP contribution in [0.25, 0.3) is 0 Å². The number of nitrogens with one attached hydrogen (secondary N) is 1. The number of benzene rings is 1. The Labute approximate surface area is 134 Å². The molecule has 4 aliphatic rings. The average molecular weight is 296 g/mol. The lowest BCUT2D eigenvalue weighted by Gasteiger charge is -2.62. The first-order chi connectivity index (χ1) is 10.7. The minimum atomic E-state index is 0.491. The van der Waals surface area contributed by atoms with Gasteiger partial charge in [0.15, 0.2) is 0 Å². The second kappa shape index (κ2) is 4.50. The molecule has 1 aromatic rings. The Balaban J connectivity index is 1.66. The topological polar surface area (TPSA) is 15.3 Å². The van der Waals surface area contributed by atoms with Crippen LogP contribution in [0, 0.1) is 23.2 Å². The van der Waals surface area contributed by atoms with Crippen molar-refractivity contribution >= 4 is 5.69 Å². The molecule has 2 nitrogen and oxygen atoms in total. The Morgan fingerprint density at radius 3 is 3.00 bits per heavy atom. The van der Waals surface area contributed by atoms with E-state index in [1.54, 1.807) is 5.56 Å². The number of para-hydroxylation sites is 1. The smallest absolute Gasteiger partial charge is 0.0375 e. The minimum Gasteiger partial charge on any atom is -0.381 e. The Kier molecular flexibility index (Phi) is 2.75. The van der Waals surface area contributed by atoms with Crippen LogP contribution in [0.5, 0.6) is 0 Å². The maximum atomic E-state index is 4.01. The molecule has 3 fully saturated rings. The van der Waals surface area contributed by atoms with E-state index in [2.05, 4.69) is 48.3 Å². The van der Waals surface area contributed by atoms with Crippen LogP contribution in [0.1, 0.15) is 38.7 Å². The molecule has 1 N–H and O–H groups in total. The molecular weight excluding hydrogens is 268 g/mol. The van der Waals surface area contributed by atoms with Gasteiger partial charge in [0.2, 0.25) is 0 Å². The lowest BCUT2D eigenvalue weighted by molar-refractivity contribution is -0.0707. The van der Waals surface area contributed by atoms with Crippen LogP contribution < -0.4 is 5.32 Å². The predicted octanol–water partition coefficient (Wildman–Crippen LogP) is 3.78. The van der Waals surface area contributed by atoms with E-state index in [0.717, 1.165) is 23.8 Å². The van der Waals surface area contributed by atoms with Gasteiger partial charge in [-0.2, -0.15) is 0 Å². The molecule has 0 aromatic heterocycles. The summed E-state index contributed by atoms with van der Waals surface area (Å²) in [6.45, 7) is 7.67. The summed E-state index contributed by atoms with van der Waals surface area (Å²) in [5.74, 6) is 2.67. The van der Waals surface area contributed by atoms with Crippen LogP contribution in [0.4, 0.5) is 5.69 Å². The Morgan fingerprint density at radius 1 is 1.27 bits per heavy atom. The Bertz CT molecular complexity index is 597. The molecule has 2 bridgehead atoms. The SMILES string of the molecule is CC[C@@H]1[C@@H]2CCN3CC[C@@]4(Cc5ccccc5N[C@@H]4C2C)[C@@H]13. The van der Waals surface area contributed by atoms with Crippen molar-refractivity contribution in [2.45, 2.75) is 51.6 Å². The fraction of sp³-hybridized carbons (Fsp3) is 0.700. The lowest BCUT2D eigenvalue weighted by Crippen LogP contribution is -2.67. The third kappa shape index (κ3) is 1.50. The first kappa shape index (κ1) is 13.4. The predicted molar refractivity (Wildman–Crippen MR) is 91.0 cm³/mol. The van der Waals surface area contributed by atoms with Gasteiger partial charge in [-0.15, -0.1) is 0 Å². The summed E-state index contributed by atoms with van der Waals surface area (Å²) < 4.78 is 0. The first-order valence-electron chi connectivity index (χ1n) is 9.33. The van der Waals surface area contributed by atoms with Gasteiger partial charge >= 0.3 is 0 Å². The van der Waals surface area contributed by atoms with Gasteiger partial charge in [-0.05, 0) is 61.7 Å². The van der Waals surface area contributed by atoms with E-state index < -0.39 is 0 Å². The molecular formula is C20H28N2. The van der Waals surface area contributed by atoms with Crippen LogP contribution >= 0.6 is 0 Å². The second-order valence-corrected chi connectivity index (χ2v) is 8.30. The summed E-state index contributed by atoms with van der Waals surface area (Å²) in [6, 6.07) is 10.6. The summed E-state index contributed by atoms with van der Waals surface area (Å²) in [6.07, 6.45) is 5.49. The number of piperidine rings is 1. The summed E-state index contributed by atoms with van der Waals surface area (Å²) in [5.41, 5.74) is 3.47. The van der Waals surface area contributed by atoms with E-state index in [4.69, 9.17) is 0 Å². The van der Waals surface area contributed by atoms with Crippen molar-refractivity contribution in [3.05, 3.63) is 29.8 Å². The molecule has 0 radical (unpaired) electrons. The van der Waals surface area contributed by atoms with E-state index in [-0.39, 0.29) is 0 Å². The van der Waals surface area contributed by atoms with Crippen molar-refractivity contribution in [2.75, 3.05) is 18.4 Å². The summed E-state index contributed by atoms with van der Waals surface area (Å²) in [5, 5.41) is 4.01. The molecule has 5 rings (SSSR count). The molecule has 2 saturated heterocycles. The standard InChI is InChI=1S/C20H28N2/c1-3-15-16-8-10-22-11-9-20(19(15)22)12-14-6-4-5-7-17(14)21-18(20)13(16)2/h4-7,13,15-16,18-19,21H,3,8-12H2,1-2H3/t13?,15-,16-,18-,19-,20+/m1/s1. The monoisotopic (exact) mass is 296 g/mol. The van der Waals surface area contributed by atoms with Gasteiger partial charge in [-0.25, -0.2) is 0 Å². The van der Waals surface area contributed by atoms with E-state index in [0.29, 0.717) is 11.5 Å². The number of nitrogens with zero attached hydrogens (tertiary/aromatic N) is 1. The molecule has 1 aromatic carbocycles. The van der Waals surface area contributed by atoms with Gasteiger partial charge in [0, 0.05) is 23.2 Å². The lowest BCUT2D eigenvalue weighted by atomic mass is 9.50. The zero-order chi connectivity index (χ0) is 14.9. The molecule has 6 atom stereocenters. The number of hydrogen-bond donors (Lipinski definition) is 1. The van der Waals surface area contributed by atoms with E-state index in [9.17, 15) is 0 Å². The van der Waals surface area contributed by atoms with Crippen LogP contribution in [0.15, 0.2) is 24.3 Å². The van der Waals surface area contributed by atoms with Crippen molar-refractivity contribution in [2.24, 2.45) is 23.2 Å². The van der Waals surface area contributed by atoms with Crippen molar-refractivity contribution < 1.29 is 0 Å². The number of anilines is 1. The molecule has 3 aliphatic heterocycles. The molecule has 3 heterocycles. The van der Waals surface area contributed by atoms with Gasteiger partial charge in [0.25, 0.3) is 0 Å². The van der Waals surface area contributed by atoms with Gasteiger partial charge in [0.05, 0.1) is 0 Å². The summed E-state index contributed by atoms with van der Waals surface area (Å²) in [7, 11) is 0. The van der Waals surface area contributed by atoms with E-state index in [1.165, 1.54) is 44.5 Å². The zero-order valence-corrected chi connectivity index (χ0v) is 13.9. The van der Waals surface area contributed by atoms with E-state index in [1.807, 2.05) is 0 Å². The maximum Gasteiger partial charge on any atom is 0.0375 e. The maximum absolute atomic E-state index is 4.01. The number of fused-ring (bicyclic) bond motifs is 2. The number of rotatable bonds is 1. The second-order valence-electron chi connectivity index (χ2n) is 8.30. The van der Waals surface area contributed by atoms with Gasteiger partial charge in [-0.1, -0.05) is 38.5 Å². The largest absolute Gasteiger partial charge is 0.381 e. The molecule has 1 saturated carbocycles. The van der Waals surface area contributed by atoms with Gasteiger partial charge in [0.1, 0.15) is 0 Å². The fourth-order valence-electron chi connectivity index (χ4n) is 6.92. The average Bonchev–Trinajstić information content (AvgIpc) is 2.94. The van der Waals surface area contributed by atoms with Crippen LogP contribution in [-0.4, -0.2) is 30.1 Å². The normalized spacial score (nSPS) is 45.8. The quantitative estimate of drug-likeness (QED) is 0.848. The molecule has 22 heavy (non-hydrogen) atoms. The van der Waals surface area contributed by atoms with Crippen LogP contribution in [-0.2, 0) is 6.42 Å². The minimum absolute atomic E-state index is 0.491. The highest BCUT2D eigenvalue weighted by Gasteiger charge is 2.64. The number of hydrogen-bond acceptors (Lipinski definition) is 2. The highest BCUT2D eigenvalue weighted by molar-refractivity contribution is 5.56. The van der Waals surface area contributed by atoms with Gasteiger partial charge in [-0.3, -0.25) is 4.90 Å². The third-order valence-corrected chi connectivity index (χ3v) is 7.69. The van der Waals surface area contributed by atoms with E-state index >= 15 is 0 Å². The summed E-state index contributed by atoms with van der Waals surface area (Å²) in [4.78, 5) is 2.86. The zero-order valence-electron chi connectivity index (χ0n) is 13.9. The Morgan fingerprint density at radius 2 is 2.14 bits per heavy atom. The summed E-state index contributed by atoms with van der Waals surface area (Å²) >= 11 is 0. The molecule has 1 aliphatic carbocycles. The van der Waals surface area contributed by atoms with Crippen LogP contribution in [0.3, 0.4) is 0 Å². The first-order valence-corrected chi connectivity index (χ1v) is 9.33. The molecule has 1 unspecified atom stereocenters. The molecule has 0 amide bonds. The third-order valence-electron chi connectivity index (χ3n) is 7.69. The van der Waals surface area contributed by atoms with Crippen molar-refractivity contribution in [1.29, 1.82) is 0 Å². The highest BCUT2D eigenvalue weighted by atomic mass is 15.2. The molecule has 1 spiro atoms.